The molecule has 3 aromatic rings. The summed E-state index contributed by atoms with van der Waals surface area (Å²) in [6.07, 6.45) is 6.05. The Labute approximate surface area is 244 Å². The summed E-state index contributed by atoms with van der Waals surface area (Å²) in [5.41, 5.74) is 6.12. The number of anilines is 1. The van der Waals surface area contributed by atoms with Gasteiger partial charge in [-0.3, -0.25) is 14.1 Å². The van der Waals surface area contributed by atoms with Gasteiger partial charge in [0.15, 0.2) is 17.5 Å². The van der Waals surface area contributed by atoms with E-state index in [4.69, 9.17) is 24.8 Å². The molecule has 16 nitrogen and oxygen atoms in total. The molecular formula is C24H30N8O8S2. The van der Waals surface area contributed by atoms with Crippen LogP contribution in [0.3, 0.4) is 0 Å². The highest BCUT2D eigenvalue weighted by molar-refractivity contribution is 7.80. The summed E-state index contributed by atoms with van der Waals surface area (Å²) in [5, 5.41) is 11.9. The van der Waals surface area contributed by atoms with Crippen LogP contribution in [0.2, 0.25) is 0 Å². The van der Waals surface area contributed by atoms with Gasteiger partial charge in [-0.25, -0.2) is 9.97 Å². The topological polar surface area (TPSA) is 212 Å². The molecule has 2 atom stereocenters. The van der Waals surface area contributed by atoms with Gasteiger partial charge in [-0.15, -0.1) is 15.6 Å². The molecule has 0 radical (unpaired) electrons. The number of amides is 2. The Balaban J connectivity index is 1.19. The van der Waals surface area contributed by atoms with Crippen LogP contribution in [0, 0.1) is 0 Å². The van der Waals surface area contributed by atoms with Gasteiger partial charge < -0.3 is 30.3 Å². The minimum Gasteiger partial charge on any atom is -0.488 e. The van der Waals surface area contributed by atoms with Crippen molar-refractivity contribution >= 4 is 50.0 Å². The van der Waals surface area contributed by atoms with Crippen molar-refractivity contribution in [1.29, 1.82) is 0 Å². The van der Waals surface area contributed by atoms with Crippen LogP contribution < -0.4 is 21.1 Å². The molecule has 226 valence electrons. The highest BCUT2D eigenvalue weighted by atomic mass is 32.3. The Bertz CT molecular complexity index is 1610. The van der Waals surface area contributed by atoms with Crippen LogP contribution in [0.1, 0.15) is 44.0 Å². The number of β-lactam (4-membered cyclic amide) rings is 1. The second-order valence-electron chi connectivity index (χ2n) is 10.2. The van der Waals surface area contributed by atoms with Crippen LogP contribution in [-0.2, 0) is 29.1 Å². The summed E-state index contributed by atoms with van der Waals surface area (Å²) < 4.78 is 43.0. The van der Waals surface area contributed by atoms with Crippen molar-refractivity contribution in [3.8, 4) is 5.75 Å². The molecule has 5 rings (SSSR count). The van der Waals surface area contributed by atoms with Crippen molar-refractivity contribution < 1.29 is 36.4 Å². The van der Waals surface area contributed by atoms with Gasteiger partial charge in [0.05, 0.1) is 17.4 Å². The lowest BCUT2D eigenvalue weighted by molar-refractivity contribution is -0.218. The highest BCUT2D eigenvalue weighted by Crippen LogP contribution is 2.33. The second kappa shape index (κ2) is 11.8. The molecule has 1 unspecified atom stereocenters. The molecule has 3 aromatic heterocycles. The lowest BCUT2D eigenvalue weighted by atomic mass is 9.84. The molecule has 2 aliphatic heterocycles. The fourth-order valence-corrected chi connectivity index (χ4v) is 5.71. The Hall–Kier alpha value is -3.84. The number of hydrogen-bond donors (Lipinski definition) is 4. The first-order chi connectivity index (χ1) is 19.9. The molecule has 2 aliphatic rings. The Kier molecular flexibility index (Phi) is 8.33. The number of piperidine rings is 1. The number of fused-ring (bicyclic) bond motifs is 1. The van der Waals surface area contributed by atoms with Crippen LogP contribution in [0.4, 0.5) is 5.13 Å². The zero-order chi connectivity index (χ0) is 30.1. The molecule has 0 aliphatic carbocycles. The smallest absolute Gasteiger partial charge is 0.418 e. The molecule has 0 bridgehead atoms. The number of nitrogens with zero attached hydrogens (tertiary/aromatic N) is 5. The molecule has 5 heterocycles. The molecule has 2 saturated heterocycles. The van der Waals surface area contributed by atoms with E-state index in [1.807, 2.05) is 22.9 Å². The predicted molar refractivity (Wildman–Crippen MR) is 150 cm³/mol. The minimum atomic E-state index is -4.94. The fraction of sp³-hybridized carbons (Fsp3) is 0.458. The standard InChI is InChI=1S/C24H30N8O8S2/c1-24(2)20(22(34)32(24)40-42(35,36)37)29-21(33)19(17-13-41-23(25)28-17)30-39-9-8-38-15-5-6-18-27-16(12-31(18)11-15)14-4-3-7-26-10-14/h5-6,11-14,20,26H,3-4,7-10H2,1-2H3,(H2,25,28)(H,29,33)(H,35,36,37)/b30-19-/t14?,20-/m1/s1. The van der Waals surface area contributed by atoms with E-state index in [9.17, 15) is 18.0 Å². The first kappa shape index (κ1) is 29.6. The van der Waals surface area contributed by atoms with Gasteiger partial charge in [0.25, 0.3) is 11.8 Å². The van der Waals surface area contributed by atoms with Gasteiger partial charge in [0, 0.05) is 24.0 Å². The summed E-state index contributed by atoms with van der Waals surface area (Å²) in [4.78, 5) is 39.6. The first-order valence-corrected chi connectivity index (χ1v) is 15.2. The number of pyridine rings is 1. The number of ether oxygens (including phenoxy) is 1. The summed E-state index contributed by atoms with van der Waals surface area (Å²) in [6.45, 7) is 4.89. The number of imidazole rings is 1. The SMILES string of the molecule is CC1(C)[C@H](NC(=O)/C(=N\OCCOc2ccc3nc(C4CCCNC4)cn3c2)c2csc(N)n2)C(=O)N1OS(=O)(=O)O. The number of nitrogens with two attached hydrogens (primary N) is 1. The largest absolute Gasteiger partial charge is 0.488 e. The summed E-state index contributed by atoms with van der Waals surface area (Å²) in [7, 11) is -4.94. The number of aromatic nitrogens is 3. The highest BCUT2D eigenvalue weighted by Gasteiger charge is 2.58. The lowest BCUT2D eigenvalue weighted by Crippen LogP contribution is -2.76. The quantitative estimate of drug-likeness (QED) is 0.0756. The van der Waals surface area contributed by atoms with E-state index in [0.29, 0.717) is 16.7 Å². The van der Waals surface area contributed by atoms with Crippen molar-refractivity contribution in [2.45, 2.75) is 44.2 Å². The Morgan fingerprint density at radius 1 is 1.31 bits per heavy atom. The third-order valence-corrected chi connectivity index (χ3v) is 7.87. The molecule has 42 heavy (non-hydrogen) atoms. The average Bonchev–Trinajstić information content (AvgIpc) is 3.58. The van der Waals surface area contributed by atoms with Crippen LogP contribution in [0.25, 0.3) is 5.65 Å². The lowest BCUT2D eigenvalue weighted by Gasteiger charge is -2.50. The van der Waals surface area contributed by atoms with Crippen LogP contribution in [0.5, 0.6) is 5.75 Å². The minimum absolute atomic E-state index is 0.0266. The van der Waals surface area contributed by atoms with Gasteiger partial charge in [0.2, 0.25) is 0 Å². The number of rotatable bonds is 11. The van der Waals surface area contributed by atoms with E-state index in [1.54, 1.807) is 6.07 Å². The average molecular weight is 623 g/mol. The molecule has 18 heteroatoms. The number of nitrogen functional groups attached to an aromatic ring is 1. The zero-order valence-corrected chi connectivity index (χ0v) is 24.4. The summed E-state index contributed by atoms with van der Waals surface area (Å²) in [5.74, 6) is -0.747. The van der Waals surface area contributed by atoms with Crippen molar-refractivity contribution in [1.82, 2.24) is 30.1 Å². The van der Waals surface area contributed by atoms with E-state index < -0.39 is 33.8 Å². The number of hydroxylamine groups is 2. The maximum absolute atomic E-state index is 13.1. The van der Waals surface area contributed by atoms with E-state index in [-0.39, 0.29) is 29.8 Å². The molecule has 2 amide bonds. The van der Waals surface area contributed by atoms with Gasteiger partial charge in [-0.05, 0) is 45.4 Å². The monoisotopic (exact) mass is 622 g/mol. The van der Waals surface area contributed by atoms with E-state index in [0.717, 1.165) is 48.6 Å². The van der Waals surface area contributed by atoms with E-state index in [1.165, 1.54) is 19.2 Å². The molecular weight excluding hydrogens is 592 g/mol. The third-order valence-electron chi connectivity index (χ3n) is 6.86. The van der Waals surface area contributed by atoms with Crippen molar-refractivity contribution in [2.24, 2.45) is 5.16 Å². The number of nitrogens with one attached hydrogen (secondary N) is 2. The van der Waals surface area contributed by atoms with Crippen molar-refractivity contribution in [2.75, 3.05) is 32.0 Å². The van der Waals surface area contributed by atoms with Crippen LogP contribution >= 0.6 is 11.3 Å². The van der Waals surface area contributed by atoms with Crippen LogP contribution in [0.15, 0.2) is 35.1 Å². The van der Waals surface area contributed by atoms with Crippen molar-refractivity contribution in [3.05, 3.63) is 41.3 Å². The number of carbonyl (C=O) groups is 2. The fourth-order valence-electron chi connectivity index (χ4n) is 4.70. The number of oxime groups is 1. The molecule has 0 aromatic carbocycles. The van der Waals surface area contributed by atoms with E-state index >= 15 is 0 Å². The first-order valence-electron chi connectivity index (χ1n) is 13.0. The maximum atomic E-state index is 13.1. The predicted octanol–water partition coefficient (Wildman–Crippen LogP) is 0.480. The van der Waals surface area contributed by atoms with Crippen LogP contribution in [-0.4, -0.2) is 87.8 Å². The second-order valence-corrected chi connectivity index (χ2v) is 12.1. The van der Waals surface area contributed by atoms with Gasteiger partial charge >= 0.3 is 10.4 Å². The van der Waals surface area contributed by atoms with Gasteiger partial charge in [0.1, 0.15) is 29.7 Å². The summed E-state index contributed by atoms with van der Waals surface area (Å²) >= 11 is 1.07. The molecule has 5 N–H and O–H groups in total. The normalized spacial score (nSPS) is 20.8. The van der Waals surface area contributed by atoms with E-state index in [2.05, 4.69) is 25.1 Å². The third kappa shape index (κ3) is 6.46. The molecule has 0 spiro atoms. The number of hydrogen-bond acceptors (Lipinski definition) is 13. The van der Waals surface area contributed by atoms with Gasteiger partial charge in [-0.2, -0.15) is 13.5 Å². The number of thiazole rings is 1. The molecule has 2 fully saturated rings. The van der Waals surface area contributed by atoms with Gasteiger partial charge in [-0.1, -0.05) is 5.16 Å². The Morgan fingerprint density at radius 3 is 2.79 bits per heavy atom. The number of carbonyl (C=O) groups excluding carboxylic acids is 2. The molecule has 0 saturated carbocycles. The maximum Gasteiger partial charge on any atom is 0.418 e. The Morgan fingerprint density at radius 2 is 2.12 bits per heavy atom. The zero-order valence-electron chi connectivity index (χ0n) is 22.7. The van der Waals surface area contributed by atoms with Crippen molar-refractivity contribution in [3.63, 3.8) is 0 Å². The summed E-state index contributed by atoms with van der Waals surface area (Å²) in [6, 6.07) is 2.48.